The maximum absolute atomic E-state index is 12.1. The first-order valence-electron chi connectivity index (χ1n) is 4.53. The molecule has 92 valence electrons. The molecular formula is C9H12F3NO3. The summed E-state index contributed by atoms with van der Waals surface area (Å²) in [7, 11) is 0. The number of carboxylic acid groups (broad SMARTS) is 1. The van der Waals surface area contributed by atoms with Crippen LogP contribution in [-0.2, 0) is 9.59 Å². The van der Waals surface area contributed by atoms with Gasteiger partial charge >= 0.3 is 12.1 Å². The lowest BCUT2D eigenvalue weighted by Gasteiger charge is -2.21. The highest BCUT2D eigenvalue weighted by Gasteiger charge is 2.31. The number of nitrogens with zero attached hydrogens (tertiary/aromatic N) is 1. The molecule has 0 aliphatic rings. The smallest absolute Gasteiger partial charge is 0.406 e. The Bertz CT molecular complexity index is 286. The van der Waals surface area contributed by atoms with Gasteiger partial charge in [-0.05, 0) is 6.42 Å². The summed E-state index contributed by atoms with van der Waals surface area (Å²) in [5.74, 6) is -2.33. The number of alkyl halides is 3. The molecule has 16 heavy (non-hydrogen) atoms. The second-order valence-corrected chi connectivity index (χ2v) is 3.05. The first-order valence-corrected chi connectivity index (χ1v) is 4.53. The molecule has 0 atom stereocenters. The summed E-state index contributed by atoms with van der Waals surface area (Å²) < 4.78 is 36.2. The molecule has 0 bridgehead atoms. The van der Waals surface area contributed by atoms with E-state index in [0.717, 1.165) is 0 Å². The summed E-state index contributed by atoms with van der Waals surface area (Å²) in [5, 5.41) is 8.23. The Morgan fingerprint density at radius 2 is 1.88 bits per heavy atom. The Labute approximate surface area is 90.3 Å². The molecule has 0 unspecified atom stereocenters. The molecule has 0 fully saturated rings. The van der Waals surface area contributed by atoms with E-state index < -0.39 is 24.6 Å². The van der Waals surface area contributed by atoms with E-state index in [9.17, 15) is 22.8 Å². The Balaban J connectivity index is 4.53. The molecule has 0 saturated heterocycles. The first kappa shape index (κ1) is 14.5. The van der Waals surface area contributed by atoms with E-state index in [1.807, 2.05) is 0 Å². The zero-order valence-electron chi connectivity index (χ0n) is 8.62. The van der Waals surface area contributed by atoms with Crippen LogP contribution in [0.3, 0.4) is 0 Å². The summed E-state index contributed by atoms with van der Waals surface area (Å²) >= 11 is 0. The fourth-order valence-electron chi connectivity index (χ4n) is 1.00. The summed E-state index contributed by atoms with van der Waals surface area (Å²) in [6.07, 6.45) is -2.99. The minimum atomic E-state index is -4.48. The van der Waals surface area contributed by atoms with Crippen molar-refractivity contribution in [3.05, 3.63) is 12.2 Å². The number of hydrogen-bond donors (Lipinski definition) is 1. The van der Waals surface area contributed by atoms with Gasteiger partial charge in [-0.2, -0.15) is 13.2 Å². The van der Waals surface area contributed by atoms with Gasteiger partial charge in [0.25, 0.3) is 0 Å². The highest BCUT2D eigenvalue weighted by Crippen LogP contribution is 2.16. The lowest BCUT2D eigenvalue weighted by molar-refractivity contribution is -0.158. The highest BCUT2D eigenvalue weighted by molar-refractivity contribution is 5.93. The minimum absolute atomic E-state index is 0.0672. The predicted octanol–water partition coefficient (Wildman–Crippen LogP) is 1.43. The Morgan fingerprint density at radius 3 is 2.25 bits per heavy atom. The van der Waals surface area contributed by atoms with Gasteiger partial charge in [0.15, 0.2) is 0 Å². The highest BCUT2D eigenvalue weighted by atomic mass is 19.4. The van der Waals surface area contributed by atoms with Crippen molar-refractivity contribution in [2.45, 2.75) is 19.5 Å². The van der Waals surface area contributed by atoms with Crippen LogP contribution in [-0.4, -0.2) is 41.1 Å². The number of rotatable bonds is 5. The van der Waals surface area contributed by atoms with E-state index in [1.54, 1.807) is 6.92 Å². The van der Waals surface area contributed by atoms with Gasteiger partial charge in [0.2, 0.25) is 5.91 Å². The zero-order valence-corrected chi connectivity index (χ0v) is 8.62. The van der Waals surface area contributed by atoms with E-state index in [1.165, 1.54) is 0 Å². The molecule has 0 spiro atoms. The molecule has 0 heterocycles. The number of halogens is 3. The fraction of sp³-hybridized carbons (Fsp3) is 0.556. The minimum Gasteiger partial charge on any atom is -0.478 e. The van der Waals surface area contributed by atoms with Crippen LogP contribution >= 0.6 is 0 Å². The molecule has 4 nitrogen and oxygen atoms in total. The van der Waals surface area contributed by atoms with Gasteiger partial charge in [-0.25, -0.2) is 4.79 Å². The monoisotopic (exact) mass is 239 g/mol. The topological polar surface area (TPSA) is 57.6 Å². The van der Waals surface area contributed by atoms with Crippen LogP contribution in [0.1, 0.15) is 13.3 Å². The van der Waals surface area contributed by atoms with Crippen LogP contribution in [0.4, 0.5) is 13.2 Å². The number of carbonyl (C=O) groups excluding carboxylic acids is 1. The molecule has 0 rings (SSSR count). The van der Waals surface area contributed by atoms with Gasteiger partial charge in [-0.3, -0.25) is 4.79 Å². The largest absolute Gasteiger partial charge is 0.478 e. The second-order valence-electron chi connectivity index (χ2n) is 3.05. The molecule has 0 aromatic heterocycles. The van der Waals surface area contributed by atoms with Gasteiger partial charge in [0.1, 0.15) is 6.54 Å². The fourth-order valence-corrected chi connectivity index (χ4v) is 1.00. The van der Waals surface area contributed by atoms with Crippen LogP contribution < -0.4 is 0 Å². The average Bonchev–Trinajstić information content (AvgIpc) is 2.11. The van der Waals surface area contributed by atoms with Gasteiger partial charge in [-0.15, -0.1) is 0 Å². The van der Waals surface area contributed by atoms with Crippen molar-refractivity contribution in [3.63, 3.8) is 0 Å². The van der Waals surface area contributed by atoms with Crippen molar-refractivity contribution in [1.29, 1.82) is 0 Å². The summed E-state index contributed by atoms with van der Waals surface area (Å²) in [4.78, 5) is 21.8. The van der Waals surface area contributed by atoms with Crippen molar-refractivity contribution in [2.24, 2.45) is 0 Å². The van der Waals surface area contributed by atoms with Crippen molar-refractivity contribution in [3.8, 4) is 0 Å². The molecule has 0 aromatic carbocycles. The number of hydrogen-bond acceptors (Lipinski definition) is 2. The van der Waals surface area contributed by atoms with Crippen molar-refractivity contribution < 1.29 is 27.9 Å². The normalized spacial score (nSPS) is 11.8. The van der Waals surface area contributed by atoms with Crippen molar-refractivity contribution in [2.75, 3.05) is 13.1 Å². The van der Waals surface area contributed by atoms with Gasteiger partial charge < -0.3 is 10.0 Å². The lowest BCUT2D eigenvalue weighted by atomic mass is 10.3. The van der Waals surface area contributed by atoms with Crippen LogP contribution in [0.15, 0.2) is 12.2 Å². The Hall–Kier alpha value is -1.53. The Morgan fingerprint density at radius 1 is 1.31 bits per heavy atom. The van der Waals surface area contributed by atoms with Gasteiger partial charge in [0, 0.05) is 18.7 Å². The maximum atomic E-state index is 12.1. The molecule has 1 amide bonds. The number of carboxylic acids is 1. The van der Waals surface area contributed by atoms with Crippen molar-refractivity contribution >= 4 is 11.9 Å². The molecular weight excluding hydrogens is 227 g/mol. The van der Waals surface area contributed by atoms with E-state index in [2.05, 4.69) is 0 Å². The third-order valence-electron chi connectivity index (χ3n) is 1.54. The molecule has 0 aliphatic carbocycles. The predicted molar refractivity (Wildman–Crippen MR) is 49.7 cm³/mol. The SMILES string of the molecule is CCCN(CC(F)(F)F)C(=O)/C=C/C(=O)O. The van der Waals surface area contributed by atoms with Gasteiger partial charge in [0.05, 0.1) is 0 Å². The zero-order chi connectivity index (χ0) is 12.8. The van der Waals surface area contributed by atoms with E-state index in [-0.39, 0.29) is 6.54 Å². The molecule has 0 aromatic rings. The van der Waals surface area contributed by atoms with Crippen LogP contribution in [0.25, 0.3) is 0 Å². The van der Waals surface area contributed by atoms with E-state index in [4.69, 9.17) is 5.11 Å². The number of carbonyl (C=O) groups is 2. The molecule has 7 heteroatoms. The van der Waals surface area contributed by atoms with E-state index >= 15 is 0 Å². The average molecular weight is 239 g/mol. The molecule has 0 aliphatic heterocycles. The first-order chi connectivity index (χ1) is 7.26. The summed E-state index contributed by atoms with van der Waals surface area (Å²) in [5.41, 5.74) is 0. The Kier molecular flexibility index (Phi) is 5.55. The van der Waals surface area contributed by atoms with E-state index in [0.29, 0.717) is 23.5 Å². The lowest BCUT2D eigenvalue weighted by Crippen LogP contribution is -2.38. The number of amides is 1. The van der Waals surface area contributed by atoms with Crippen LogP contribution in [0.5, 0.6) is 0 Å². The summed E-state index contributed by atoms with van der Waals surface area (Å²) in [6, 6.07) is 0. The van der Waals surface area contributed by atoms with Crippen molar-refractivity contribution in [1.82, 2.24) is 4.90 Å². The molecule has 1 N–H and O–H groups in total. The third-order valence-corrected chi connectivity index (χ3v) is 1.54. The maximum Gasteiger partial charge on any atom is 0.406 e. The number of aliphatic carboxylic acids is 1. The third kappa shape index (κ3) is 6.86. The quantitative estimate of drug-likeness (QED) is 0.738. The van der Waals surface area contributed by atoms with Crippen LogP contribution in [0.2, 0.25) is 0 Å². The molecule has 0 saturated carbocycles. The van der Waals surface area contributed by atoms with Gasteiger partial charge in [-0.1, -0.05) is 6.92 Å². The van der Waals surface area contributed by atoms with Crippen LogP contribution in [0, 0.1) is 0 Å². The molecule has 0 radical (unpaired) electrons. The summed E-state index contributed by atoms with van der Waals surface area (Å²) in [6.45, 7) is 0.184. The standard InChI is InChI=1S/C9H12F3NO3/c1-2-5-13(6-9(10,11)12)7(14)3-4-8(15)16/h3-4H,2,5-6H2,1H3,(H,15,16)/b4-3+. The second kappa shape index (κ2) is 6.14.